The highest BCUT2D eigenvalue weighted by molar-refractivity contribution is 5.80. The van der Waals surface area contributed by atoms with Crippen molar-refractivity contribution in [3.8, 4) is 0 Å². The van der Waals surface area contributed by atoms with Crippen molar-refractivity contribution in [3.05, 3.63) is 35.4 Å². The highest BCUT2D eigenvalue weighted by Crippen LogP contribution is 2.44. The van der Waals surface area contributed by atoms with E-state index < -0.39 is 0 Å². The molecule has 90 valence electrons. The molecule has 1 aromatic rings. The third-order valence-corrected chi connectivity index (χ3v) is 4.55. The van der Waals surface area contributed by atoms with Gasteiger partial charge in [-0.3, -0.25) is 4.79 Å². The highest BCUT2D eigenvalue weighted by atomic mass is 16.2. The average Bonchev–Trinajstić information content (AvgIpc) is 2.65. The second-order valence-corrected chi connectivity index (χ2v) is 5.51. The van der Waals surface area contributed by atoms with Gasteiger partial charge in [0.1, 0.15) is 0 Å². The van der Waals surface area contributed by atoms with Gasteiger partial charge in [-0.25, -0.2) is 0 Å². The summed E-state index contributed by atoms with van der Waals surface area (Å²) in [7, 11) is 0. The molecule has 2 heteroatoms. The minimum atomic E-state index is 0.195. The molecule has 1 aliphatic carbocycles. The number of carbonyl (C=O) groups is 1. The zero-order valence-electron chi connectivity index (χ0n) is 10.3. The normalized spacial score (nSPS) is 31.4. The van der Waals surface area contributed by atoms with E-state index in [0.29, 0.717) is 6.04 Å². The van der Waals surface area contributed by atoms with Crippen molar-refractivity contribution in [2.24, 2.45) is 5.41 Å². The fourth-order valence-electron chi connectivity index (χ4n) is 3.65. The topological polar surface area (TPSA) is 29.1 Å². The molecule has 2 aliphatic rings. The molecule has 0 aromatic heterocycles. The molecule has 0 radical (unpaired) electrons. The molecule has 3 rings (SSSR count). The fraction of sp³-hybridized carbons (Fsp3) is 0.533. The maximum absolute atomic E-state index is 11.7. The Bertz CT molecular complexity index is 454. The van der Waals surface area contributed by atoms with Crippen molar-refractivity contribution >= 4 is 5.91 Å². The first kappa shape index (κ1) is 10.8. The maximum Gasteiger partial charge on any atom is 0.220 e. The predicted molar refractivity (Wildman–Crippen MR) is 67.7 cm³/mol. The van der Waals surface area contributed by atoms with Crippen LogP contribution in [0.15, 0.2) is 24.3 Å². The van der Waals surface area contributed by atoms with Crippen LogP contribution >= 0.6 is 0 Å². The monoisotopic (exact) mass is 229 g/mol. The van der Waals surface area contributed by atoms with Gasteiger partial charge >= 0.3 is 0 Å². The van der Waals surface area contributed by atoms with Gasteiger partial charge in [-0.15, -0.1) is 0 Å². The zero-order chi connectivity index (χ0) is 11.9. The third kappa shape index (κ3) is 1.67. The molecule has 1 saturated heterocycles. The van der Waals surface area contributed by atoms with Crippen molar-refractivity contribution in [2.45, 2.75) is 45.1 Å². The van der Waals surface area contributed by atoms with Crippen LogP contribution in [-0.4, -0.2) is 11.9 Å². The van der Waals surface area contributed by atoms with Gasteiger partial charge in [0.15, 0.2) is 0 Å². The van der Waals surface area contributed by atoms with Gasteiger partial charge in [0.2, 0.25) is 5.91 Å². The summed E-state index contributed by atoms with van der Waals surface area (Å²) in [6.45, 7) is 2.18. The molecule has 17 heavy (non-hydrogen) atoms. The number of amides is 1. The van der Waals surface area contributed by atoms with E-state index in [1.54, 1.807) is 0 Å². The lowest BCUT2D eigenvalue weighted by molar-refractivity contribution is -0.119. The number of rotatable bonds is 1. The van der Waals surface area contributed by atoms with Crippen LogP contribution in [0.25, 0.3) is 0 Å². The Labute approximate surface area is 102 Å². The number of carbonyl (C=O) groups excluding carboxylic acids is 1. The first-order chi connectivity index (χ1) is 8.23. The third-order valence-electron chi connectivity index (χ3n) is 4.55. The van der Waals surface area contributed by atoms with Crippen molar-refractivity contribution in [3.63, 3.8) is 0 Å². The molecular weight excluding hydrogens is 210 g/mol. The van der Waals surface area contributed by atoms with E-state index in [-0.39, 0.29) is 11.3 Å². The molecular formula is C15H19NO. The van der Waals surface area contributed by atoms with Gasteiger partial charge in [0.25, 0.3) is 0 Å². The number of hydrogen-bond donors (Lipinski definition) is 1. The molecule has 1 heterocycles. The lowest BCUT2D eigenvalue weighted by Gasteiger charge is -2.38. The van der Waals surface area contributed by atoms with Gasteiger partial charge in [-0.05, 0) is 36.8 Å². The Morgan fingerprint density at radius 1 is 1.29 bits per heavy atom. The van der Waals surface area contributed by atoms with Crippen LogP contribution in [0.3, 0.4) is 0 Å². The van der Waals surface area contributed by atoms with Crippen LogP contribution in [0.4, 0.5) is 0 Å². The summed E-state index contributed by atoms with van der Waals surface area (Å²) in [5, 5.41) is 3.16. The van der Waals surface area contributed by atoms with Gasteiger partial charge in [0.05, 0.1) is 0 Å². The quantitative estimate of drug-likeness (QED) is 0.787. The standard InChI is InChI=1S/C15H19NO/c1-2-13-15(10-14(17)16-13)8-7-11-5-3-4-6-12(11)9-15/h3-6,13H,2,7-10H2,1H3,(H,16,17). The molecule has 1 spiro atoms. The largest absolute Gasteiger partial charge is 0.353 e. The average molecular weight is 229 g/mol. The summed E-state index contributed by atoms with van der Waals surface area (Å²) in [4.78, 5) is 11.7. The minimum Gasteiger partial charge on any atom is -0.353 e. The minimum absolute atomic E-state index is 0.195. The van der Waals surface area contributed by atoms with E-state index in [1.165, 1.54) is 11.1 Å². The second-order valence-electron chi connectivity index (χ2n) is 5.51. The molecule has 1 amide bonds. The van der Waals surface area contributed by atoms with Crippen LogP contribution in [0.1, 0.15) is 37.3 Å². The summed E-state index contributed by atoms with van der Waals surface area (Å²) in [5.74, 6) is 0.247. The van der Waals surface area contributed by atoms with Crippen LogP contribution in [0.5, 0.6) is 0 Å². The van der Waals surface area contributed by atoms with E-state index in [2.05, 4.69) is 36.5 Å². The molecule has 0 bridgehead atoms. The van der Waals surface area contributed by atoms with Crippen LogP contribution in [0, 0.1) is 5.41 Å². The smallest absolute Gasteiger partial charge is 0.220 e. The zero-order valence-corrected chi connectivity index (χ0v) is 10.3. The highest BCUT2D eigenvalue weighted by Gasteiger charge is 2.47. The summed E-state index contributed by atoms with van der Waals surface area (Å²) in [5.41, 5.74) is 3.13. The first-order valence-electron chi connectivity index (χ1n) is 6.60. The van der Waals surface area contributed by atoms with Crippen molar-refractivity contribution in [1.82, 2.24) is 5.32 Å². The van der Waals surface area contributed by atoms with Crippen molar-refractivity contribution in [2.75, 3.05) is 0 Å². The molecule has 1 aliphatic heterocycles. The number of fused-ring (bicyclic) bond motifs is 1. The van der Waals surface area contributed by atoms with E-state index >= 15 is 0 Å². The predicted octanol–water partition coefficient (Wildman–Crippen LogP) is 2.46. The first-order valence-corrected chi connectivity index (χ1v) is 6.60. The van der Waals surface area contributed by atoms with Crippen LogP contribution < -0.4 is 5.32 Å². The SMILES string of the molecule is CCC1NC(=O)CC12CCc1ccccc1C2. The fourth-order valence-corrected chi connectivity index (χ4v) is 3.65. The van der Waals surface area contributed by atoms with Gasteiger partial charge in [-0.2, -0.15) is 0 Å². The lowest BCUT2D eigenvalue weighted by atomic mass is 9.66. The van der Waals surface area contributed by atoms with Crippen LogP contribution in [-0.2, 0) is 17.6 Å². The van der Waals surface area contributed by atoms with Gasteiger partial charge in [-0.1, -0.05) is 31.2 Å². The molecule has 1 fully saturated rings. The Morgan fingerprint density at radius 3 is 2.82 bits per heavy atom. The van der Waals surface area contributed by atoms with Crippen molar-refractivity contribution in [1.29, 1.82) is 0 Å². The Morgan fingerprint density at radius 2 is 2.06 bits per heavy atom. The molecule has 2 atom stereocenters. The van der Waals surface area contributed by atoms with Crippen molar-refractivity contribution < 1.29 is 4.79 Å². The number of hydrogen-bond acceptors (Lipinski definition) is 1. The van der Waals surface area contributed by atoms with Gasteiger partial charge < -0.3 is 5.32 Å². The lowest BCUT2D eigenvalue weighted by Crippen LogP contribution is -2.40. The molecule has 0 saturated carbocycles. The molecule has 1 aromatic carbocycles. The summed E-state index contributed by atoms with van der Waals surface area (Å²) in [6, 6.07) is 9.07. The summed E-state index contributed by atoms with van der Waals surface area (Å²) in [6.07, 6.45) is 5.12. The maximum atomic E-state index is 11.7. The Balaban J connectivity index is 1.94. The number of nitrogens with one attached hydrogen (secondary N) is 1. The van der Waals surface area contributed by atoms with E-state index in [1.807, 2.05) is 0 Å². The van der Waals surface area contributed by atoms with Crippen LogP contribution in [0.2, 0.25) is 0 Å². The van der Waals surface area contributed by atoms with E-state index in [0.717, 1.165) is 32.1 Å². The Kier molecular flexibility index (Phi) is 2.46. The van der Waals surface area contributed by atoms with E-state index in [9.17, 15) is 4.79 Å². The molecule has 2 nitrogen and oxygen atoms in total. The Hall–Kier alpha value is -1.31. The molecule has 1 N–H and O–H groups in total. The van der Waals surface area contributed by atoms with Gasteiger partial charge in [0, 0.05) is 17.9 Å². The number of aryl methyl sites for hydroxylation is 1. The molecule has 2 unspecified atom stereocenters. The van der Waals surface area contributed by atoms with E-state index in [4.69, 9.17) is 0 Å². The summed E-state index contributed by atoms with van der Waals surface area (Å²) >= 11 is 0. The second kappa shape index (κ2) is 3.86. The summed E-state index contributed by atoms with van der Waals surface area (Å²) < 4.78 is 0. The number of benzene rings is 1.